The summed E-state index contributed by atoms with van der Waals surface area (Å²) in [7, 11) is 0. The van der Waals surface area contributed by atoms with E-state index in [1.807, 2.05) is 30.3 Å². The zero-order valence-corrected chi connectivity index (χ0v) is 13.8. The third-order valence-electron chi connectivity index (χ3n) is 3.46. The monoisotopic (exact) mass is 358 g/mol. The zero-order valence-electron chi connectivity index (χ0n) is 11.4. The number of H-pyrrole nitrogens is 1. The van der Waals surface area contributed by atoms with Crippen molar-refractivity contribution in [1.29, 1.82) is 0 Å². The summed E-state index contributed by atoms with van der Waals surface area (Å²) in [4.78, 5) is 4.09. The predicted molar refractivity (Wildman–Crippen MR) is 95.8 cm³/mol. The summed E-state index contributed by atoms with van der Waals surface area (Å²) < 4.78 is 1.06. The standard InChI is InChI=1S/C17H15BrN2S/c18-14-7-5-12(6-8-14)17(21)19-10-9-13-11-20-16-4-2-1-3-15(13)16/h1-8,11,20H,9-10H2,(H,19,21). The normalized spacial score (nSPS) is 10.7. The second-order valence-corrected chi connectivity index (χ2v) is 6.20. The molecule has 2 nitrogen and oxygen atoms in total. The van der Waals surface area contributed by atoms with Crippen molar-refractivity contribution in [2.24, 2.45) is 0 Å². The molecule has 0 saturated heterocycles. The molecule has 3 aromatic rings. The van der Waals surface area contributed by atoms with Crippen LogP contribution in [0, 0.1) is 0 Å². The van der Waals surface area contributed by atoms with Crippen molar-refractivity contribution in [2.45, 2.75) is 6.42 Å². The van der Waals surface area contributed by atoms with E-state index in [4.69, 9.17) is 12.2 Å². The van der Waals surface area contributed by atoms with Gasteiger partial charge in [0.2, 0.25) is 0 Å². The van der Waals surface area contributed by atoms with Gasteiger partial charge in [-0.3, -0.25) is 0 Å². The number of aromatic nitrogens is 1. The van der Waals surface area contributed by atoms with Gasteiger partial charge in [0, 0.05) is 33.7 Å². The lowest BCUT2D eigenvalue weighted by Gasteiger charge is -2.08. The molecule has 0 amide bonds. The second-order valence-electron chi connectivity index (χ2n) is 4.87. The summed E-state index contributed by atoms with van der Waals surface area (Å²) in [6.07, 6.45) is 3.02. The second kappa shape index (κ2) is 6.41. The van der Waals surface area contributed by atoms with E-state index in [-0.39, 0.29) is 0 Å². The molecule has 21 heavy (non-hydrogen) atoms. The van der Waals surface area contributed by atoms with Crippen LogP contribution < -0.4 is 5.32 Å². The van der Waals surface area contributed by atoms with Crippen LogP contribution in [0.3, 0.4) is 0 Å². The maximum absolute atomic E-state index is 5.42. The molecular weight excluding hydrogens is 344 g/mol. The van der Waals surface area contributed by atoms with Gasteiger partial charge in [-0.15, -0.1) is 0 Å². The van der Waals surface area contributed by atoms with Crippen LogP contribution in [0.15, 0.2) is 59.2 Å². The van der Waals surface area contributed by atoms with Gasteiger partial charge in [0.25, 0.3) is 0 Å². The minimum atomic E-state index is 0.794. The van der Waals surface area contributed by atoms with Gasteiger partial charge < -0.3 is 10.3 Å². The van der Waals surface area contributed by atoms with Gasteiger partial charge >= 0.3 is 0 Å². The molecule has 1 aromatic heterocycles. The number of para-hydroxylation sites is 1. The lowest BCUT2D eigenvalue weighted by molar-refractivity contribution is 0.880. The van der Waals surface area contributed by atoms with Crippen LogP contribution in [-0.4, -0.2) is 16.5 Å². The summed E-state index contributed by atoms with van der Waals surface area (Å²) in [6.45, 7) is 0.830. The number of hydrogen-bond donors (Lipinski definition) is 2. The molecule has 0 fully saturated rings. The Balaban J connectivity index is 1.61. The van der Waals surface area contributed by atoms with E-state index in [0.717, 1.165) is 28.0 Å². The molecule has 0 unspecified atom stereocenters. The van der Waals surface area contributed by atoms with E-state index in [9.17, 15) is 0 Å². The van der Waals surface area contributed by atoms with Crippen LogP contribution in [0.1, 0.15) is 11.1 Å². The molecule has 106 valence electrons. The van der Waals surface area contributed by atoms with E-state index in [1.165, 1.54) is 16.5 Å². The Labute approximate surface area is 137 Å². The van der Waals surface area contributed by atoms with Gasteiger partial charge in [-0.2, -0.15) is 0 Å². The molecule has 0 saturated carbocycles. The maximum Gasteiger partial charge on any atom is 0.106 e. The molecular formula is C17H15BrN2S. The molecule has 1 heterocycles. The van der Waals surface area contributed by atoms with E-state index >= 15 is 0 Å². The van der Waals surface area contributed by atoms with Crippen molar-refractivity contribution in [3.05, 3.63) is 70.3 Å². The van der Waals surface area contributed by atoms with Crippen molar-refractivity contribution >= 4 is 44.0 Å². The topological polar surface area (TPSA) is 27.8 Å². The molecule has 0 atom stereocenters. The number of halogens is 1. The maximum atomic E-state index is 5.42. The third kappa shape index (κ3) is 3.34. The Morgan fingerprint density at radius 3 is 2.67 bits per heavy atom. The lowest BCUT2D eigenvalue weighted by atomic mass is 10.1. The summed E-state index contributed by atoms with van der Waals surface area (Å²) in [6, 6.07) is 16.4. The Morgan fingerprint density at radius 1 is 1.10 bits per heavy atom. The third-order valence-corrected chi connectivity index (χ3v) is 4.37. The Hall–Kier alpha value is -1.65. The summed E-state index contributed by atoms with van der Waals surface area (Å²) >= 11 is 8.85. The predicted octanol–water partition coefficient (Wildman–Crippen LogP) is 4.44. The van der Waals surface area contributed by atoms with Gasteiger partial charge in [0.15, 0.2) is 0 Å². The van der Waals surface area contributed by atoms with E-state index in [1.54, 1.807) is 0 Å². The smallest absolute Gasteiger partial charge is 0.106 e. The molecule has 4 heteroatoms. The first-order valence-electron chi connectivity index (χ1n) is 6.83. The summed E-state index contributed by atoms with van der Waals surface area (Å²) in [5.74, 6) is 0. The molecule has 2 N–H and O–H groups in total. The van der Waals surface area contributed by atoms with Crippen molar-refractivity contribution in [3.63, 3.8) is 0 Å². The van der Waals surface area contributed by atoms with E-state index in [2.05, 4.69) is 50.6 Å². The Morgan fingerprint density at radius 2 is 1.86 bits per heavy atom. The number of thiocarbonyl (C=S) groups is 1. The van der Waals surface area contributed by atoms with Gasteiger partial charge in [-0.1, -0.05) is 58.5 Å². The molecule has 0 aliphatic carbocycles. The fourth-order valence-electron chi connectivity index (χ4n) is 2.35. The lowest BCUT2D eigenvalue weighted by Crippen LogP contribution is -2.24. The van der Waals surface area contributed by atoms with Crippen molar-refractivity contribution in [2.75, 3.05) is 6.54 Å². The molecule has 0 spiro atoms. The highest BCUT2D eigenvalue weighted by molar-refractivity contribution is 9.10. The number of nitrogens with one attached hydrogen (secondary N) is 2. The number of benzene rings is 2. The van der Waals surface area contributed by atoms with Crippen molar-refractivity contribution in [3.8, 4) is 0 Å². The molecule has 3 rings (SSSR count). The quantitative estimate of drug-likeness (QED) is 0.674. The number of hydrogen-bond acceptors (Lipinski definition) is 1. The minimum Gasteiger partial charge on any atom is -0.375 e. The molecule has 0 bridgehead atoms. The van der Waals surface area contributed by atoms with Crippen LogP contribution >= 0.6 is 28.1 Å². The van der Waals surface area contributed by atoms with E-state index in [0.29, 0.717) is 0 Å². The van der Waals surface area contributed by atoms with Gasteiger partial charge in [-0.25, -0.2) is 0 Å². The van der Waals surface area contributed by atoms with Crippen LogP contribution in [0.5, 0.6) is 0 Å². The summed E-state index contributed by atoms with van der Waals surface area (Å²) in [5, 5.41) is 4.61. The molecule has 0 aliphatic rings. The average molecular weight is 359 g/mol. The van der Waals surface area contributed by atoms with E-state index < -0.39 is 0 Å². The van der Waals surface area contributed by atoms with Gasteiger partial charge in [0.05, 0.1) is 0 Å². The van der Waals surface area contributed by atoms with Gasteiger partial charge in [-0.05, 0) is 30.2 Å². The molecule has 2 aromatic carbocycles. The fraction of sp³-hybridized carbons (Fsp3) is 0.118. The fourth-order valence-corrected chi connectivity index (χ4v) is 2.85. The largest absolute Gasteiger partial charge is 0.375 e. The SMILES string of the molecule is S=C(NCCc1c[nH]c2ccccc12)c1ccc(Br)cc1. The minimum absolute atomic E-state index is 0.794. The van der Waals surface area contributed by atoms with Crippen LogP contribution in [0.25, 0.3) is 10.9 Å². The van der Waals surface area contributed by atoms with Crippen LogP contribution in [0.2, 0.25) is 0 Å². The highest BCUT2D eigenvalue weighted by atomic mass is 79.9. The first-order valence-corrected chi connectivity index (χ1v) is 8.03. The average Bonchev–Trinajstić information content (AvgIpc) is 2.91. The van der Waals surface area contributed by atoms with Crippen molar-refractivity contribution < 1.29 is 0 Å². The first-order chi connectivity index (χ1) is 10.2. The van der Waals surface area contributed by atoms with Crippen molar-refractivity contribution in [1.82, 2.24) is 10.3 Å². The highest BCUT2D eigenvalue weighted by Gasteiger charge is 2.04. The zero-order chi connectivity index (χ0) is 14.7. The first kappa shape index (κ1) is 14.3. The number of fused-ring (bicyclic) bond motifs is 1. The van der Waals surface area contributed by atoms with Crippen LogP contribution in [-0.2, 0) is 6.42 Å². The number of aromatic amines is 1. The highest BCUT2D eigenvalue weighted by Crippen LogP contribution is 2.17. The molecule has 0 aliphatic heterocycles. The number of rotatable bonds is 4. The Bertz CT molecular complexity index is 762. The summed E-state index contributed by atoms with van der Waals surface area (Å²) in [5.41, 5.74) is 3.55. The van der Waals surface area contributed by atoms with Gasteiger partial charge in [0.1, 0.15) is 4.99 Å². The molecule has 0 radical (unpaired) electrons. The van der Waals surface area contributed by atoms with Crippen LogP contribution in [0.4, 0.5) is 0 Å². The Kier molecular flexibility index (Phi) is 4.36.